The Balaban J connectivity index is 1.67. The van der Waals surface area contributed by atoms with Gasteiger partial charge in [-0.1, -0.05) is 12.1 Å². The van der Waals surface area contributed by atoms with E-state index in [2.05, 4.69) is 20.3 Å². The van der Waals surface area contributed by atoms with Crippen LogP contribution in [-0.4, -0.2) is 30.4 Å². The standard InChI is InChI=1S/C23H21F3N6O2/c1-11-10-28-21(27)19-18(30-13(3)32(11)19)16-7-8-17(29-12(16)2)31-22(34)20(33)14-5-4-6-15(9-14)23(24,25)26/h4-10,20,33H,1-3H3,(H2,27,28)(H,29,31,34)/i3D3. The Morgan fingerprint density at radius 3 is 2.68 bits per heavy atom. The van der Waals surface area contributed by atoms with E-state index in [1.807, 2.05) is 0 Å². The van der Waals surface area contributed by atoms with Crippen molar-refractivity contribution < 1.29 is 27.2 Å². The van der Waals surface area contributed by atoms with Gasteiger partial charge in [-0.05, 0) is 50.5 Å². The third kappa shape index (κ3) is 4.17. The zero-order valence-corrected chi connectivity index (χ0v) is 18.0. The van der Waals surface area contributed by atoms with Gasteiger partial charge in [0.2, 0.25) is 0 Å². The summed E-state index contributed by atoms with van der Waals surface area (Å²) in [4.78, 5) is 25.2. The molecule has 3 heterocycles. The van der Waals surface area contributed by atoms with E-state index < -0.39 is 30.6 Å². The first-order valence-electron chi connectivity index (χ1n) is 11.5. The number of carbonyl (C=O) groups excluding carboxylic acids is 1. The van der Waals surface area contributed by atoms with E-state index in [-0.39, 0.29) is 34.2 Å². The number of amides is 1. The number of nitrogens with zero attached hydrogens (tertiary/aromatic N) is 4. The van der Waals surface area contributed by atoms with Crippen molar-refractivity contribution in [1.29, 1.82) is 0 Å². The average Bonchev–Trinajstić information content (AvgIpc) is 3.23. The third-order valence-electron chi connectivity index (χ3n) is 5.23. The normalized spacial score (nSPS) is 14.4. The Kier molecular flexibility index (Phi) is 4.82. The van der Waals surface area contributed by atoms with Gasteiger partial charge in [0.05, 0.1) is 5.56 Å². The summed E-state index contributed by atoms with van der Waals surface area (Å²) in [5, 5.41) is 12.7. The maximum Gasteiger partial charge on any atom is 0.416 e. The number of nitrogens with one attached hydrogen (secondary N) is 1. The van der Waals surface area contributed by atoms with E-state index >= 15 is 0 Å². The van der Waals surface area contributed by atoms with Crippen LogP contribution >= 0.6 is 0 Å². The van der Waals surface area contributed by atoms with Crippen LogP contribution in [0.3, 0.4) is 0 Å². The van der Waals surface area contributed by atoms with Crippen LogP contribution in [0.15, 0.2) is 42.6 Å². The van der Waals surface area contributed by atoms with Gasteiger partial charge in [-0.15, -0.1) is 0 Å². The van der Waals surface area contributed by atoms with Crippen molar-refractivity contribution in [3.05, 3.63) is 70.9 Å². The molecule has 0 saturated carbocycles. The van der Waals surface area contributed by atoms with Crippen molar-refractivity contribution in [1.82, 2.24) is 19.4 Å². The van der Waals surface area contributed by atoms with Crippen LogP contribution in [-0.2, 0) is 11.0 Å². The number of nitrogen functional groups attached to an aromatic ring is 1. The zero-order valence-electron chi connectivity index (χ0n) is 21.0. The van der Waals surface area contributed by atoms with Gasteiger partial charge in [-0.3, -0.25) is 9.20 Å². The largest absolute Gasteiger partial charge is 0.416 e. The maximum atomic E-state index is 13.0. The molecule has 3 aromatic heterocycles. The number of halogens is 3. The number of fused-ring (bicyclic) bond motifs is 1. The lowest BCUT2D eigenvalue weighted by molar-refractivity contribution is -0.138. The van der Waals surface area contributed by atoms with Crippen molar-refractivity contribution in [2.24, 2.45) is 0 Å². The lowest BCUT2D eigenvalue weighted by atomic mass is 10.1. The smallest absolute Gasteiger partial charge is 0.382 e. The molecule has 0 bridgehead atoms. The molecule has 0 aliphatic heterocycles. The van der Waals surface area contributed by atoms with Crippen molar-refractivity contribution in [3.8, 4) is 11.3 Å². The summed E-state index contributed by atoms with van der Waals surface area (Å²) in [6.07, 6.45) is -5.07. The molecule has 1 amide bonds. The fraction of sp³-hybridized carbons (Fsp3) is 0.217. The van der Waals surface area contributed by atoms with E-state index in [1.54, 1.807) is 13.8 Å². The van der Waals surface area contributed by atoms with Crippen LogP contribution < -0.4 is 11.1 Å². The molecule has 1 aromatic carbocycles. The molecular formula is C23H21F3N6O2. The molecule has 0 aliphatic rings. The highest BCUT2D eigenvalue weighted by Crippen LogP contribution is 2.32. The number of hydrogen-bond donors (Lipinski definition) is 3. The number of rotatable bonds is 4. The number of aliphatic hydroxyl groups is 1. The summed E-state index contributed by atoms with van der Waals surface area (Å²) >= 11 is 0. The molecule has 176 valence electrons. The Morgan fingerprint density at radius 2 is 2.00 bits per heavy atom. The first-order chi connectivity index (χ1) is 17.2. The number of alkyl halides is 3. The highest BCUT2D eigenvalue weighted by Gasteiger charge is 2.31. The van der Waals surface area contributed by atoms with Crippen LogP contribution in [0, 0.1) is 20.7 Å². The van der Waals surface area contributed by atoms with Crippen LogP contribution in [0.25, 0.3) is 16.8 Å². The number of aliphatic hydroxyl groups excluding tert-OH is 1. The summed E-state index contributed by atoms with van der Waals surface area (Å²) in [5.74, 6) is -1.12. The van der Waals surface area contributed by atoms with Gasteiger partial charge in [-0.25, -0.2) is 15.0 Å². The molecule has 0 saturated heterocycles. The Hall–Kier alpha value is -3.99. The summed E-state index contributed by atoms with van der Waals surface area (Å²) in [5.41, 5.74) is 6.61. The lowest BCUT2D eigenvalue weighted by Gasteiger charge is -2.14. The highest BCUT2D eigenvalue weighted by atomic mass is 19.4. The van der Waals surface area contributed by atoms with E-state index in [0.717, 1.165) is 12.1 Å². The van der Waals surface area contributed by atoms with Gasteiger partial charge in [0.15, 0.2) is 6.10 Å². The molecule has 0 spiro atoms. The number of nitrogens with two attached hydrogens (primary N) is 1. The Bertz CT molecular complexity index is 1520. The van der Waals surface area contributed by atoms with Gasteiger partial charge in [0.25, 0.3) is 5.91 Å². The minimum Gasteiger partial charge on any atom is -0.382 e. The van der Waals surface area contributed by atoms with Crippen LogP contribution in [0.5, 0.6) is 0 Å². The number of aromatic nitrogens is 4. The molecule has 0 radical (unpaired) electrons. The van der Waals surface area contributed by atoms with E-state index in [1.165, 1.54) is 28.8 Å². The zero-order chi connectivity index (χ0) is 27.3. The van der Waals surface area contributed by atoms with E-state index in [4.69, 9.17) is 9.85 Å². The van der Waals surface area contributed by atoms with Crippen molar-refractivity contribution in [2.75, 3.05) is 11.1 Å². The predicted octanol–water partition coefficient (Wildman–Crippen LogP) is 3.99. The fourth-order valence-electron chi connectivity index (χ4n) is 3.58. The molecule has 8 nitrogen and oxygen atoms in total. The summed E-state index contributed by atoms with van der Waals surface area (Å²) in [6, 6.07) is 6.74. The molecule has 1 unspecified atom stereocenters. The van der Waals surface area contributed by atoms with Crippen molar-refractivity contribution in [2.45, 2.75) is 33.0 Å². The van der Waals surface area contributed by atoms with Crippen LogP contribution in [0.2, 0.25) is 0 Å². The Labute approximate surface area is 196 Å². The molecule has 0 aliphatic carbocycles. The molecule has 34 heavy (non-hydrogen) atoms. The monoisotopic (exact) mass is 473 g/mol. The number of benzene rings is 1. The molecule has 0 fully saturated rings. The first-order valence-corrected chi connectivity index (χ1v) is 9.96. The SMILES string of the molecule is [2H]C([2H])([2H])c1nc(-c2ccc(NC(=O)C(O)c3cccc(C(F)(F)F)c3)nc2C)c2c(N)ncc(C)n12. The van der Waals surface area contributed by atoms with Gasteiger partial charge in [0, 0.05) is 27.3 Å². The van der Waals surface area contributed by atoms with Gasteiger partial charge >= 0.3 is 6.18 Å². The number of carbonyl (C=O) groups is 1. The molecule has 1 atom stereocenters. The topological polar surface area (TPSA) is 118 Å². The van der Waals surface area contributed by atoms with E-state index in [9.17, 15) is 23.1 Å². The molecule has 11 heteroatoms. The molecule has 4 N–H and O–H groups in total. The fourth-order valence-corrected chi connectivity index (χ4v) is 3.58. The van der Waals surface area contributed by atoms with Crippen molar-refractivity contribution in [3.63, 3.8) is 0 Å². The number of anilines is 2. The average molecular weight is 473 g/mol. The summed E-state index contributed by atoms with van der Waals surface area (Å²) in [6.45, 7) is 0.710. The van der Waals surface area contributed by atoms with E-state index in [0.29, 0.717) is 23.0 Å². The quantitative estimate of drug-likeness (QED) is 0.413. The third-order valence-corrected chi connectivity index (χ3v) is 5.23. The minimum atomic E-state index is -4.63. The van der Waals surface area contributed by atoms with Crippen molar-refractivity contribution >= 4 is 23.1 Å². The highest BCUT2D eigenvalue weighted by molar-refractivity contribution is 5.94. The number of hydrogen-bond acceptors (Lipinski definition) is 6. The number of aryl methyl sites for hydroxylation is 3. The van der Waals surface area contributed by atoms with Gasteiger partial charge in [-0.2, -0.15) is 13.2 Å². The number of imidazole rings is 1. The van der Waals surface area contributed by atoms with Gasteiger partial charge < -0.3 is 16.2 Å². The predicted molar refractivity (Wildman–Crippen MR) is 120 cm³/mol. The first kappa shape index (κ1) is 19.5. The second-order valence-corrected chi connectivity index (χ2v) is 7.60. The molecule has 4 aromatic rings. The summed E-state index contributed by atoms with van der Waals surface area (Å²) in [7, 11) is 0. The molecular weight excluding hydrogens is 449 g/mol. The molecule has 4 rings (SSSR count). The second-order valence-electron chi connectivity index (χ2n) is 7.60. The lowest BCUT2D eigenvalue weighted by Crippen LogP contribution is -2.22. The maximum absolute atomic E-state index is 13.0. The number of pyridine rings is 1. The summed E-state index contributed by atoms with van der Waals surface area (Å²) < 4.78 is 63.9. The Morgan fingerprint density at radius 1 is 1.24 bits per heavy atom. The van der Waals surface area contributed by atoms with Crippen LogP contribution in [0.4, 0.5) is 24.8 Å². The second kappa shape index (κ2) is 8.41. The van der Waals surface area contributed by atoms with Crippen LogP contribution in [0.1, 0.15) is 38.6 Å². The van der Waals surface area contributed by atoms with Gasteiger partial charge in [0.1, 0.15) is 28.7 Å². The minimum absolute atomic E-state index is 0.0131.